The van der Waals surface area contributed by atoms with Gasteiger partial charge in [-0.15, -0.1) is 0 Å². The highest BCUT2D eigenvalue weighted by Crippen LogP contribution is 2.34. The van der Waals surface area contributed by atoms with Crippen LogP contribution in [0, 0.1) is 15.9 Å². The Hall–Kier alpha value is -2.46. The molecular weight excluding hydrogens is 341 g/mol. The summed E-state index contributed by atoms with van der Waals surface area (Å²) in [6.45, 7) is -1.73. The molecule has 0 aromatic heterocycles. The standard InChI is InChI=1S/C13H14F5N3O3/c1-2-12(6-14,20-11(19)24-7-13(16,17)18)9-5-8(21(22)23)3-4-10(9)15/h3-5H,2,6-7H2,1H3,(H2,19,20)/t12-/m1/s1. The Balaban J connectivity index is 3.30. The van der Waals surface area contributed by atoms with E-state index in [9.17, 15) is 32.1 Å². The summed E-state index contributed by atoms with van der Waals surface area (Å²) in [5.41, 5.74) is 2.15. The van der Waals surface area contributed by atoms with E-state index in [1.54, 1.807) is 0 Å². The van der Waals surface area contributed by atoms with E-state index < -0.39 is 53.0 Å². The zero-order chi connectivity index (χ0) is 18.5. The Morgan fingerprint density at radius 3 is 2.50 bits per heavy atom. The molecule has 2 N–H and O–H groups in total. The van der Waals surface area contributed by atoms with E-state index >= 15 is 0 Å². The van der Waals surface area contributed by atoms with Gasteiger partial charge in [-0.25, -0.2) is 13.8 Å². The number of hydrogen-bond donors (Lipinski definition) is 1. The monoisotopic (exact) mass is 355 g/mol. The Bertz CT molecular complexity index is 630. The Kier molecular flexibility index (Phi) is 6.04. The highest BCUT2D eigenvalue weighted by Gasteiger charge is 2.36. The van der Waals surface area contributed by atoms with Crippen LogP contribution in [0.5, 0.6) is 0 Å². The van der Waals surface area contributed by atoms with Crippen molar-refractivity contribution in [3.8, 4) is 0 Å². The lowest BCUT2D eigenvalue weighted by Gasteiger charge is -2.26. The van der Waals surface area contributed by atoms with Crippen molar-refractivity contribution in [2.75, 3.05) is 13.3 Å². The average molecular weight is 355 g/mol. The molecule has 1 aromatic carbocycles. The van der Waals surface area contributed by atoms with Crippen LogP contribution in [0.15, 0.2) is 23.2 Å². The molecule has 6 nitrogen and oxygen atoms in total. The molecule has 0 fully saturated rings. The lowest BCUT2D eigenvalue weighted by Crippen LogP contribution is -2.33. The molecule has 0 aliphatic rings. The molecule has 0 aliphatic carbocycles. The van der Waals surface area contributed by atoms with E-state index in [1.165, 1.54) is 6.92 Å². The molecule has 11 heteroatoms. The van der Waals surface area contributed by atoms with E-state index in [4.69, 9.17) is 5.73 Å². The first-order valence-corrected chi connectivity index (χ1v) is 6.60. The molecular formula is C13H14F5N3O3. The number of nitrogens with two attached hydrogens (primary N) is 1. The quantitative estimate of drug-likeness (QED) is 0.279. The first-order chi connectivity index (χ1) is 11.0. The van der Waals surface area contributed by atoms with Crippen molar-refractivity contribution in [1.29, 1.82) is 0 Å². The summed E-state index contributed by atoms with van der Waals surface area (Å²) in [5, 5.41) is 10.8. The second-order valence-electron chi connectivity index (χ2n) is 4.79. The normalized spacial score (nSPS) is 15.0. The van der Waals surface area contributed by atoms with Gasteiger partial charge in [0.1, 0.15) is 18.0 Å². The van der Waals surface area contributed by atoms with Gasteiger partial charge in [-0.1, -0.05) is 6.92 Å². The fraction of sp³-hybridized carbons (Fsp3) is 0.462. The molecule has 0 amide bonds. The first kappa shape index (κ1) is 19.6. The Morgan fingerprint density at radius 2 is 2.04 bits per heavy atom. The minimum absolute atomic E-state index is 0.225. The summed E-state index contributed by atoms with van der Waals surface area (Å²) >= 11 is 0. The van der Waals surface area contributed by atoms with Crippen molar-refractivity contribution in [3.05, 3.63) is 39.7 Å². The number of non-ortho nitro benzene ring substituents is 1. The van der Waals surface area contributed by atoms with Crippen molar-refractivity contribution >= 4 is 11.7 Å². The van der Waals surface area contributed by atoms with E-state index in [0.717, 1.165) is 18.2 Å². The fourth-order valence-corrected chi connectivity index (χ4v) is 1.91. The van der Waals surface area contributed by atoms with E-state index in [1.807, 2.05) is 0 Å². The predicted molar refractivity (Wildman–Crippen MR) is 74.6 cm³/mol. The highest BCUT2D eigenvalue weighted by atomic mass is 19.4. The number of aliphatic imine (C=N–C) groups is 1. The maximum Gasteiger partial charge on any atom is 0.422 e. The van der Waals surface area contributed by atoms with Gasteiger partial charge in [0.15, 0.2) is 6.61 Å². The van der Waals surface area contributed by atoms with Crippen molar-refractivity contribution in [1.82, 2.24) is 0 Å². The van der Waals surface area contributed by atoms with Crippen LogP contribution in [0.1, 0.15) is 18.9 Å². The molecule has 0 heterocycles. The SMILES string of the molecule is CC[C@](CF)(N=C(N)OCC(F)(F)F)c1cc([N+](=O)[O-])ccc1F. The predicted octanol–water partition coefficient (Wildman–Crippen LogP) is 3.20. The number of ether oxygens (including phenoxy) is 1. The largest absolute Gasteiger partial charge is 0.456 e. The topological polar surface area (TPSA) is 90.8 Å². The zero-order valence-electron chi connectivity index (χ0n) is 12.4. The van der Waals surface area contributed by atoms with Gasteiger partial charge in [0, 0.05) is 17.7 Å². The number of nitro benzene ring substituents is 1. The molecule has 134 valence electrons. The molecule has 0 radical (unpaired) electrons. The number of nitrogens with zero attached hydrogens (tertiary/aromatic N) is 2. The van der Waals surface area contributed by atoms with E-state index in [0.29, 0.717) is 0 Å². The van der Waals surface area contributed by atoms with Crippen LogP contribution < -0.4 is 5.73 Å². The number of nitro groups is 1. The number of alkyl halides is 4. The molecule has 1 atom stereocenters. The molecule has 0 aliphatic heterocycles. The smallest absolute Gasteiger partial charge is 0.422 e. The summed E-state index contributed by atoms with van der Waals surface area (Å²) in [6, 6.07) is 1.37. The fourth-order valence-electron chi connectivity index (χ4n) is 1.91. The van der Waals surface area contributed by atoms with E-state index in [2.05, 4.69) is 9.73 Å². The minimum Gasteiger partial charge on any atom is -0.456 e. The van der Waals surface area contributed by atoms with Gasteiger partial charge in [0.2, 0.25) is 0 Å². The van der Waals surface area contributed by atoms with Gasteiger partial charge >= 0.3 is 6.18 Å². The molecule has 0 unspecified atom stereocenters. The summed E-state index contributed by atoms with van der Waals surface area (Å²) in [4.78, 5) is 13.5. The third-order valence-electron chi connectivity index (χ3n) is 3.18. The molecule has 0 saturated heterocycles. The van der Waals surface area contributed by atoms with Crippen molar-refractivity contribution in [2.24, 2.45) is 10.7 Å². The van der Waals surface area contributed by atoms with Crippen molar-refractivity contribution in [2.45, 2.75) is 25.1 Å². The molecule has 0 bridgehead atoms. The molecule has 24 heavy (non-hydrogen) atoms. The second-order valence-corrected chi connectivity index (χ2v) is 4.79. The lowest BCUT2D eigenvalue weighted by molar-refractivity contribution is -0.385. The van der Waals surface area contributed by atoms with Gasteiger partial charge in [-0.2, -0.15) is 13.2 Å². The highest BCUT2D eigenvalue weighted by molar-refractivity contribution is 5.72. The van der Waals surface area contributed by atoms with Crippen molar-refractivity contribution in [3.63, 3.8) is 0 Å². The zero-order valence-corrected chi connectivity index (χ0v) is 12.4. The molecule has 0 saturated carbocycles. The summed E-state index contributed by atoms with van der Waals surface area (Å²) in [7, 11) is 0. The first-order valence-electron chi connectivity index (χ1n) is 6.60. The van der Waals surface area contributed by atoms with Crippen LogP contribution in [0.25, 0.3) is 0 Å². The summed E-state index contributed by atoms with van der Waals surface area (Å²) in [5.74, 6) is -1.01. The third-order valence-corrected chi connectivity index (χ3v) is 3.18. The molecule has 0 spiro atoms. The number of benzene rings is 1. The van der Waals surface area contributed by atoms with Gasteiger partial charge in [0.25, 0.3) is 11.7 Å². The van der Waals surface area contributed by atoms with Crippen LogP contribution in [-0.4, -0.2) is 30.4 Å². The maximum atomic E-state index is 14.0. The third kappa shape index (κ3) is 4.77. The van der Waals surface area contributed by atoms with Crippen LogP contribution in [0.3, 0.4) is 0 Å². The number of rotatable bonds is 6. The number of hydrogen-bond acceptors (Lipinski definition) is 4. The Labute approximate surface area is 133 Å². The van der Waals surface area contributed by atoms with Crippen molar-refractivity contribution < 1.29 is 31.6 Å². The van der Waals surface area contributed by atoms with Gasteiger partial charge < -0.3 is 10.5 Å². The van der Waals surface area contributed by atoms with Gasteiger partial charge in [-0.05, 0) is 12.5 Å². The number of halogens is 5. The lowest BCUT2D eigenvalue weighted by atomic mass is 9.88. The maximum absolute atomic E-state index is 14.0. The average Bonchev–Trinajstić information content (AvgIpc) is 2.50. The minimum atomic E-state index is -4.69. The van der Waals surface area contributed by atoms with Crippen LogP contribution in [-0.2, 0) is 10.3 Å². The van der Waals surface area contributed by atoms with Crippen LogP contribution in [0.2, 0.25) is 0 Å². The number of amidine groups is 1. The van der Waals surface area contributed by atoms with Gasteiger partial charge in [0.05, 0.1) is 4.92 Å². The molecule has 1 aromatic rings. The second kappa shape index (κ2) is 7.41. The molecule has 1 rings (SSSR count). The summed E-state index contributed by atoms with van der Waals surface area (Å²) in [6.07, 6.45) is -4.92. The van der Waals surface area contributed by atoms with E-state index in [-0.39, 0.29) is 6.42 Å². The van der Waals surface area contributed by atoms with Crippen LogP contribution in [0.4, 0.5) is 27.6 Å². The van der Waals surface area contributed by atoms with Crippen LogP contribution >= 0.6 is 0 Å². The Morgan fingerprint density at radius 1 is 1.42 bits per heavy atom. The summed E-state index contributed by atoms with van der Waals surface area (Å²) < 4.78 is 68.1. The van der Waals surface area contributed by atoms with Gasteiger partial charge in [-0.3, -0.25) is 10.1 Å².